The van der Waals surface area contributed by atoms with Gasteiger partial charge in [-0.3, -0.25) is 9.36 Å². The van der Waals surface area contributed by atoms with Crippen molar-refractivity contribution in [2.45, 2.75) is 5.16 Å². The summed E-state index contributed by atoms with van der Waals surface area (Å²) in [5, 5.41) is 11.9. The Morgan fingerprint density at radius 3 is 3.14 bits per heavy atom. The first-order valence-corrected chi connectivity index (χ1v) is 7.61. The van der Waals surface area contributed by atoms with Crippen LogP contribution < -0.4 is 5.32 Å². The fourth-order valence-corrected chi connectivity index (χ4v) is 2.54. The zero-order valence-corrected chi connectivity index (χ0v) is 13.0. The van der Waals surface area contributed by atoms with Gasteiger partial charge in [0.2, 0.25) is 5.91 Å². The molecule has 6 nitrogen and oxygen atoms in total. The lowest BCUT2D eigenvalue weighted by Crippen LogP contribution is -2.28. The molecule has 0 saturated heterocycles. The molecule has 0 unspecified atom stereocenters. The Kier molecular flexibility index (Phi) is 6.04. The molecule has 2 aromatic rings. The summed E-state index contributed by atoms with van der Waals surface area (Å²) in [6.07, 6.45) is 1.59. The molecule has 8 heteroatoms. The molecule has 0 atom stereocenters. The Bertz CT molecular complexity index is 605. The number of nitrogens with zero attached hydrogens (tertiary/aromatic N) is 3. The van der Waals surface area contributed by atoms with Crippen molar-refractivity contribution >= 4 is 29.3 Å². The summed E-state index contributed by atoms with van der Waals surface area (Å²) in [6.45, 7) is 0.992. The highest BCUT2D eigenvalue weighted by Crippen LogP contribution is 2.21. The fourth-order valence-electron chi connectivity index (χ4n) is 1.60. The van der Waals surface area contributed by atoms with Crippen molar-refractivity contribution in [3.63, 3.8) is 0 Å². The summed E-state index contributed by atoms with van der Waals surface area (Å²) >= 11 is 7.29. The van der Waals surface area contributed by atoms with Crippen molar-refractivity contribution in [3.05, 3.63) is 35.6 Å². The molecule has 0 radical (unpaired) electrons. The van der Waals surface area contributed by atoms with Gasteiger partial charge in [-0.1, -0.05) is 29.4 Å². The van der Waals surface area contributed by atoms with E-state index >= 15 is 0 Å². The van der Waals surface area contributed by atoms with Crippen LogP contribution >= 0.6 is 23.4 Å². The van der Waals surface area contributed by atoms with E-state index in [9.17, 15) is 4.79 Å². The average Bonchev–Trinajstić information content (AvgIpc) is 2.94. The van der Waals surface area contributed by atoms with E-state index in [0.29, 0.717) is 23.3 Å². The zero-order chi connectivity index (χ0) is 15.1. The number of rotatable bonds is 7. The van der Waals surface area contributed by atoms with Gasteiger partial charge in [0.1, 0.15) is 6.33 Å². The van der Waals surface area contributed by atoms with Crippen molar-refractivity contribution in [1.29, 1.82) is 0 Å². The predicted molar refractivity (Wildman–Crippen MR) is 82.0 cm³/mol. The van der Waals surface area contributed by atoms with Gasteiger partial charge in [-0.15, -0.1) is 10.2 Å². The van der Waals surface area contributed by atoms with Gasteiger partial charge in [-0.2, -0.15) is 0 Å². The molecule has 0 aliphatic carbocycles. The highest BCUT2D eigenvalue weighted by atomic mass is 35.5. The fraction of sp³-hybridized carbons (Fsp3) is 0.308. The normalized spacial score (nSPS) is 10.6. The van der Waals surface area contributed by atoms with Gasteiger partial charge < -0.3 is 10.1 Å². The molecule has 1 aromatic heterocycles. The molecule has 0 bridgehead atoms. The summed E-state index contributed by atoms with van der Waals surface area (Å²) in [4.78, 5) is 11.6. The molecular formula is C13H15ClN4O2S. The Morgan fingerprint density at radius 2 is 2.38 bits per heavy atom. The lowest BCUT2D eigenvalue weighted by Gasteiger charge is -2.07. The standard InChI is InChI=1S/C13H15ClN4O2S/c1-20-6-5-15-12(19)8-21-13-17-16-9-18(13)11-4-2-3-10(14)7-11/h2-4,7,9H,5-6,8H2,1H3,(H,15,19). The summed E-state index contributed by atoms with van der Waals surface area (Å²) < 4.78 is 6.66. The van der Waals surface area contributed by atoms with Crippen LogP contribution in [-0.2, 0) is 9.53 Å². The summed E-state index contributed by atoms with van der Waals surface area (Å²) in [5.41, 5.74) is 0.856. The largest absolute Gasteiger partial charge is 0.383 e. The molecule has 0 fully saturated rings. The third kappa shape index (κ3) is 4.73. The third-order valence-electron chi connectivity index (χ3n) is 2.56. The molecular weight excluding hydrogens is 312 g/mol. The highest BCUT2D eigenvalue weighted by Gasteiger charge is 2.10. The Morgan fingerprint density at radius 1 is 1.52 bits per heavy atom. The number of hydrogen-bond acceptors (Lipinski definition) is 5. The number of benzene rings is 1. The topological polar surface area (TPSA) is 69.0 Å². The van der Waals surface area contributed by atoms with Crippen LogP contribution in [0.3, 0.4) is 0 Å². The summed E-state index contributed by atoms with van der Waals surface area (Å²) in [7, 11) is 1.59. The van der Waals surface area contributed by atoms with E-state index in [-0.39, 0.29) is 11.7 Å². The molecule has 21 heavy (non-hydrogen) atoms. The summed E-state index contributed by atoms with van der Waals surface area (Å²) in [5.74, 6) is 0.195. The van der Waals surface area contributed by atoms with E-state index < -0.39 is 0 Å². The van der Waals surface area contributed by atoms with E-state index in [2.05, 4.69) is 15.5 Å². The van der Waals surface area contributed by atoms with Gasteiger partial charge in [-0.05, 0) is 18.2 Å². The monoisotopic (exact) mass is 326 g/mol. The Hall–Kier alpha value is -1.57. The van der Waals surface area contributed by atoms with Gasteiger partial charge in [0.05, 0.1) is 18.0 Å². The van der Waals surface area contributed by atoms with E-state index in [1.165, 1.54) is 11.8 Å². The number of nitrogens with one attached hydrogen (secondary N) is 1. The van der Waals surface area contributed by atoms with Crippen LogP contribution in [-0.4, -0.2) is 46.7 Å². The first-order chi connectivity index (χ1) is 10.2. The minimum Gasteiger partial charge on any atom is -0.383 e. The molecule has 1 aromatic carbocycles. The number of aromatic nitrogens is 3. The minimum atomic E-state index is -0.0716. The molecule has 112 valence electrons. The van der Waals surface area contributed by atoms with Crippen molar-refractivity contribution < 1.29 is 9.53 Å². The minimum absolute atomic E-state index is 0.0716. The van der Waals surface area contributed by atoms with Crippen LogP contribution in [0.1, 0.15) is 0 Å². The van der Waals surface area contributed by atoms with Crippen molar-refractivity contribution in [2.24, 2.45) is 0 Å². The number of hydrogen-bond donors (Lipinski definition) is 1. The van der Waals surface area contributed by atoms with E-state index in [1.807, 2.05) is 18.2 Å². The number of thioether (sulfide) groups is 1. The van der Waals surface area contributed by atoms with Crippen LogP contribution in [0.2, 0.25) is 5.02 Å². The van der Waals surface area contributed by atoms with Crippen LogP contribution in [0.15, 0.2) is 35.7 Å². The number of carbonyl (C=O) groups excluding carboxylic acids is 1. The molecule has 2 rings (SSSR count). The smallest absolute Gasteiger partial charge is 0.230 e. The molecule has 1 heterocycles. The average molecular weight is 327 g/mol. The lowest BCUT2D eigenvalue weighted by molar-refractivity contribution is -0.118. The zero-order valence-electron chi connectivity index (χ0n) is 11.5. The van der Waals surface area contributed by atoms with Crippen molar-refractivity contribution in [3.8, 4) is 5.69 Å². The van der Waals surface area contributed by atoms with E-state index in [0.717, 1.165) is 5.69 Å². The molecule has 1 amide bonds. The third-order valence-corrected chi connectivity index (χ3v) is 3.74. The molecule has 0 spiro atoms. The molecule has 0 aliphatic rings. The maximum atomic E-state index is 11.6. The van der Waals surface area contributed by atoms with Crippen molar-refractivity contribution in [1.82, 2.24) is 20.1 Å². The van der Waals surface area contributed by atoms with Gasteiger partial charge in [0, 0.05) is 18.7 Å². The van der Waals surface area contributed by atoms with Gasteiger partial charge in [0.15, 0.2) is 5.16 Å². The molecule has 1 N–H and O–H groups in total. The number of ether oxygens (including phenoxy) is 1. The van der Waals surface area contributed by atoms with Crippen LogP contribution in [0.25, 0.3) is 5.69 Å². The van der Waals surface area contributed by atoms with E-state index in [1.54, 1.807) is 24.1 Å². The van der Waals surface area contributed by atoms with Gasteiger partial charge in [0.25, 0.3) is 0 Å². The first-order valence-electron chi connectivity index (χ1n) is 6.25. The maximum Gasteiger partial charge on any atom is 0.230 e. The Labute approximate surface area is 131 Å². The second kappa shape index (κ2) is 8.02. The number of halogens is 1. The second-order valence-corrected chi connectivity index (χ2v) is 5.47. The predicted octanol–water partition coefficient (Wildman–Crippen LogP) is 1.78. The second-order valence-electron chi connectivity index (χ2n) is 4.09. The van der Waals surface area contributed by atoms with E-state index in [4.69, 9.17) is 16.3 Å². The quantitative estimate of drug-likeness (QED) is 0.620. The molecule has 0 saturated carbocycles. The highest BCUT2D eigenvalue weighted by molar-refractivity contribution is 7.99. The number of carbonyl (C=O) groups is 1. The SMILES string of the molecule is COCCNC(=O)CSc1nncn1-c1cccc(Cl)c1. The van der Waals surface area contributed by atoms with Gasteiger partial charge in [-0.25, -0.2) is 0 Å². The number of amides is 1. The lowest BCUT2D eigenvalue weighted by atomic mass is 10.3. The van der Waals surface area contributed by atoms with Crippen LogP contribution in [0.4, 0.5) is 0 Å². The first kappa shape index (κ1) is 15.8. The maximum absolute atomic E-state index is 11.6. The van der Waals surface area contributed by atoms with Crippen LogP contribution in [0.5, 0.6) is 0 Å². The van der Waals surface area contributed by atoms with Gasteiger partial charge >= 0.3 is 0 Å². The van der Waals surface area contributed by atoms with Crippen molar-refractivity contribution in [2.75, 3.05) is 26.0 Å². The summed E-state index contributed by atoms with van der Waals surface area (Å²) in [6, 6.07) is 7.36. The van der Waals surface area contributed by atoms with Crippen LogP contribution in [0, 0.1) is 0 Å². The molecule has 0 aliphatic heterocycles. The Balaban J connectivity index is 1.96. The number of methoxy groups -OCH3 is 1.